The number of hydrogen-bond acceptors (Lipinski definition) is 7. The Morgan fingerprint density at radius 3 is 2.76 bits per heavy atom. The van der Waals surface area contributed by atoms with Gasteiger partial charge < -0.3 is 14.6 Å². The molecule has 1 N–H and O–H groups in total. The van der Waals surface area contributed by atoms with Crippen LogP contribution in [0.2, 0.25) is 0 Å². The first kappa shape index (κ1) is 21.3. The normalized spacial score (nSPS) is 12.2. The van der Waals surface area contributed by atoms with E-state index in [4.69, 9.17) is 4.74 Å². The summed E-state index contributed by atoms with van der Waals surface area (Å²) in [6.45, 7) is 10.3. The fourth-order valence-electron chi connectivity index (χ4n) is 2.71. The topological polar surface area (TPSA) is 81.9 Å². The van der Waals surface area contributed by atoms with Crippen LogP contribution in [0.3, 0.4) is 0 Å². The van der Waals surface area contributed by atoms with Crippen LogP contribution in [0.1, 0.15) is 43.8 Å². The van der Waals surface area contributed by atoms with Gasteiger partial charge in [0.05, 0.1) is 5.25 Å². The zero-order chi connectivity index (χ0) is 21.0. The van der Waals surface area contributed by atoms with Crippen molar-refractivity contribution in [2.24, 2.45) is 0 Å². The molecule has 0 radical (unpaired) electrons. The summed E-state index contributed by atoms with van der Waals surface area (Å²) in [5.41, 5.74) is 2.22. The summed E-state index contributed by atoms with van der Waals surface area (Å²) in [5, 5.41) is 14.2. The van der Waals surface area contributed by atoms with E-state index in [9.17, 15) is 4.79 Å². The van der Waals surface area contributed by atoms with Gasteiger partial charge in [0.15, 0.2) is 16.1 Å². The molecule has 1 aromatic carbocycles. The van der Waals surface area contributed by atoms with Crippen molar-refractivity contribution in [1.82, 2.24) is 19.7 Å². The molecule has 1 atom stereocenters. The Hall–Kier alpha value is -2.39. The lowest BCUT2D eigenvalue weighted by atomic mass is 10.1. The number of rotatable bonds is 8. The summed E-state index contributed by atoms with van der Waals surface area (Å²) in [6, 6.07) is 6.26. The Bertz CT molecular complexity index is 969. The Morgan fingerprint density at radius 1 is 1.28 bits per heavy atom. The molecule has 0 aliphatic rings. The molecule has 7 nitrogen and oxygen atoms in total. The summed E-state index contributed by atoms with van der Waals surface area (Å²) < 4.78 is 8.03. The van der Waals surface area contributed by atoms with E-state index < -0.39 is 0 Å². The minimum Gasteiger partial charge on any atom is -0.485 e. The molecule has 0 spiro atoms. The predicted octanol–water partition coefficient (Wildman–Crippen LogP) is 4.63. The van der Waals surface area contributed by atoms with Gasteiger partial charge in [-0.1, -0.05) is 23.9 Å². The predicted molar refractivity (Wildman–Crippen MR) is 117 cm³/mol. The monoisotopic (exact) mass is 431 g/mol. The van der Waals surface area contributed by atoms with Crippen LogP contribution in [-0.2, 0) is 11.4 Å². The Balaban J connectivity index is 1.71. The standard InChI is InChI=1S/C20H25N5O2S2/c1-12(2)25-17(11-27-16-10-13(3)6-7-14(16)4)23-24-20(25)29-15(5)18(26)22-19-21-8-9-28-19/h6-10,12,15H,11H2,1-5H3,(H,21,22,26)/t15-/m0/s1. The molecule has 0 fully saturated rings. The third-order valence-corrected chi connectivity index (χ3v) is 6.01. The van der Waals surface area contributed by atoms with Crippen molar-refractivity contribution in [2.75, 3.05) is 5.32 Å². The maximum Gasteiger partial charge on any atom is 0.239 e. The molecule has 0 aliphatic heterocycles. The summed E-state index contributed by atoms with van der Waals surface area (Å²) >= 11 is 2.77. The highest BCUT2D eigenvalue weighted by Crippen LogP contribution is 2.27. The highest BCUT2D eigenvalue weighted by Gasteiger charge is 2.22. The summed E-state index contributed by atoms with van der Waals surface area (Å²) in [7, 11) is 0. The van der Waals surface area contributed by atoms with Crippen LogP contribution in [0.4, 0.5) is 5.13 Å². The molecule has 3 aromatic rings. The van der Waals surface area contributed by atoms with E-state index in [2.05, 4.69) is 40.4 Å². The molecule has 29 heavy (non-hydrogen) atoms. The summed E-state index contributed by atoms with van der Waals surface area (Å²) in [4.78, 5) is 16.5. The Labute approximate surface area is 178 Å². The first-order valence-corrected chi connectivity index (χ1v) is 11.1. The molecule has 1 amide bonds. The summed E-state index contributed by atoms with van der Waals surface area (Å²) in [6.07, 6.45) is 1.66. The van der Waals surface area contributed by atoms with E-state index in [0.717, 1.165) is 22.7 Å². The molecule has 0 saturated carbocycles. The molecule has 3 rings (SSSR count). The van der Waals surface area contributed by atoms with Gasteiger partial charge in [-0.15, -0.1) is 21.5 Å². The van der Waals surface area contributed by atoms with Crippen molar-refractivity contribution in [3.63, 3.8) is 0 Å². The lowest BCUT2D eigenvalue weighted by molar-refractivity contribution is -0.115. The van der Waals surface area contributed by atoms with Crippen LogP contribution in [-0.4, -0.2) is 30.9 Å². The molecule has 154 valence electrons. The number of nitrogens with one attached hydrogen (secondary N) is 1. The molecule has 2 aromatic heterocycles. The number of carbonyl (C=O) groups is 1. The largest absolute Gasteiger partial charge is 0.485 e. The number of aromatic nitrogens is 4. The minimum atomic E-state index is -0.339. The molecule has 0 saturated heterocycles. The molecule has 2 heterocycles. The lowest BCUT2D eigenvalue weighted by Gasteiger charge is -2.16. The second kappa shape index (κ2) is 9.41. The van der Waals surface area contributed by atoms with Gasteiger partial charge in [0.1, 0.15) is 12.4 Å². The van der Waals surface area contributed by atoms with Crippen molar-refractivity contribution in [3.8, 4) is 5.75 Å². The van der Waals surface area contributed by atoms with E-state index in [1.165, 1.54) is 23.1 Å². The maximum absolute atomic E-state index is 12.4. The quantitative estimate of drug-likeness (QED) is 0.524. The van der Waals surface area contributed by atoms with Gasteiger partial charge in [0, 0.05) is 17.6 Å². The van der Waals surface area contributed by atoms with Crippen LogP contribution in [0, 0.1) is 13.8 Å². The Kier molecular flexibility index (Phi) is 6.92. The number of nitrogens with zero attached hydrogens (tertiary/aromatic N) is 4. The van der Waals surface area contributed by atoms with E-state index in [0.29, 0.717) is 16.9 Å². The number of ether oxygens (including phenoxy) is 1. The molecule has 9 heteroatoms. The number of hydrogen-bond donors (Lipinski definition) is 1. The fourth-order valence-corrected chi connectivity index (χ4v) is 4.25. The number of carbonyl (C=O) groups excluding carboxylic acids is 1. The van der Waals surface area contributed by atoms with Crippen molar-refractivity contribution < 1.29 is 9.53 Å². The highest BCUT2D eigenvalue weighted by atomic mass is 32.2. The second-order valence-electron chi connectivity index (χ2n) is 7.01. The van der Waals surface area contributed by atoms with Crippen LogP contribution in [0.15, 0.2) is 34.9 Å². The zero-order valence-corrected chi connectivity index (χ0v) is 18.8. The van der Waals surface area contributed by atoms with E-state index in [1.807, 2.05) is 42.9 Å². The van der Waals surface area contributed by atoms with E-state index in [1.54, 1.807) is 6.20 Å². The number of amides is 1. The number of aryl methyl sites for hydroxylation is 2. The molecule has 0 unspecified atom stereocenters. The van der Waals surface area contributed by atoms with Gasteiger partial charge in [-0.25, -0.2) is 4.98 Å². The first-order valence-electron chi connectivity index (χ1n) is 9.36. The minimum absolute atomic E-state index is 0.114. The molecular weight excluding hydrogens is 406 g/mol. The maximum atomic E-state index is 12.4. The third-order valence-electron chi connectivity index (χ3n) is 4.27. The van der Waals surface area contributed by atoms with E-state index >= 15 is 0 Å². The van der Waals surface area contributed by atoms with Gasteiger partial charge in [0.2, 0.25) is 5.91 Å². The van der Waals surface area contributed by atoms with Crippen LogP contribution in [0.5, 0.6) is 5.75 Å². The third kappa shape index (κ3) is 5.36. The average Bonchev–Trinajstić information content (AvgIpc) is 3.32. The van der Waals surface area contributed by atoms with Gasteiger partial charge in [-0.2, -0.15) is 0 Å². The van der Waals surface area contributed by atoms with Crippen molar-refractivity contribution in [3.05, 3.63) is 46.7 Å². The Morgan fingerprint density at radius 2 is 2.07 bits per heavy atom. The number of anilines is 1. The SMILES string of the molecule is Cc1ccc(C)c(OCc2nnc(S[C@@H](C)C(=O)Nc3nccs3)n2C(C)C)c1. The molecule has 0 aliphatic carbocycles. The van der Waals surface area contributed by atoms with Crippen molar-refractivity contribution in [1.29, 1.82) is 0 Å². The average molecular weight is 432 g/mol. The lowest BCUT2D eigenvalue weighted by Crippen LogP contribution is -2.23. The van der Waals surface area contributed by atoms with E-state index in [-0.39, 0.29) is 17.2 Å². The van der Waals surface area contributed by atoms with Crippen LogP contribution in [0.25, 0.3) is 0 Å². The highest BCUT2D eigenvalue weighted by molar-refractivity contribution is 8.00. The number of benzene rings is 1. The first-order chi connectivity index (χ1) is 13.8. The number of thioether (sulfide) groups is 1. The molecule has 0 bridgehead atoms. The van der Waals surface area contributed by atoms with Gasteiger partial charge in [-0.05, 0) is 51.8 Å². The van der Waals surface area contributed by atoms with Crippen molar-refractivity contribution >= 4 is 34.1 Å². The van der Waals surface area contributed by atoms with Crippen LogP contribution < -0.4 is 10.1 Å². The fraction of sp³-hybridized carbons (Fsp3) is 0.400. The van der Waals surface area contributed by atoms with Gasteiger partial charge >= 0.3 is 0 Å². The number of thiazole rings is 1. The zero-order valence-electron chi connectivity index (χ0n) is 17.2. The van der Waals surface area contributed by atoms with Crippen molar-refractivity contribution in [2.45, 2.75) is 57.7 Å². The van der Waals surface area contributed by atoms with Gasteiger partial charge in [-0.3, -0.25) is 4.79 Å². The van der Waals surface area contributed by atoms with Gasteiger partial charge in [0.25, 0.3) is 0 Å². The second-order valence-corrected chi connectivity index (χ2v) is 9.21. The summed E-state index contributed by atoms with van der Waals surface area (Å²) in [5.74, 6) is 1.46. The van der Waals surface area contributed by atoms with Crippen LogP contribution >= 0.6 is 23.1 Å². The molecular formula is C20H25N5O2S2. The smallest absolute Gasteiger partial charge is 0.239 e.